The third-order valence-corrected chi connectivity index (χ3v) is 9.79. The van der Waals surface area contributed by atoms with Gasteiger partial charge in [-0.15, -0.1) is 0 Å². The maximum Gasteiger partial charge on any atom is 0.306 e. The van der Waals surface area contributed by atoms with Crippen molar-refractivity contribution in [3.05, 3.63) is 12.2 Å². The molecule has 0 aromatic rings. The minimum Gasteiger partial charge on any atom is -0.465 e. The molecule has 156 valence electrons. The number of hydrogen-bond donors (Lipinski definition) is 3. The average Bonchev–Trinajstić information content (AvgIpc) is 3.22. The van der Waals surface area contributed by atoms with Crippen LogP contribution in [-0.2, 0) is 9.53 Å². The smallest absolute Gasteiger partial charge is 0.306 e. The SMILES string of the molecule is C[C@]12C[C@H](O)[C@H]3[C@@H](CC[C@H]4CCC=C[C@@]43CO)[C@@]1(O)CC[C@@H]2[C@@H]1COC(=O)C1. The fourth-order valence-electron chi connectivity index (χ4n) is 8.53. The zero-order chi connectivity index (χ0) is 19.7. The highest BCUT2D eigenvalue weighted by molar-refractivity contribution is 5.71. The summed E-state index contributed by atoms with van der Waals surface area (Å²) in [5, 5.41) is 34.0. The lowest BCUT2D eigenvalue weighted by Crippen LogP contribution is -2.67. The van der Waals surface area contributed by atoms with Gasteiger partial charge in [-0.3, -0.25) is 4.79 Å². The van der Waals surface area contributed by atoms with Crippen molar-refractivity contribution < 1.29 is 24.9 Å². The van der Waals surface area contributed by atoms with Gasteiger partial charge in [0.15, 0.2) is 0 Å². The lowest BCUT2D eigenvalue weighted by atomic mass is 9.43. The summed E-state index contributed by atoms with van der Waals surface area (Å²) in [7, 11) is 0. The first-order valence-corrected chi connectivity index (χ1v) is 11.2. The van der Waals surface area contributed by atoms with E-state index in [1.165, 1.54) is 0 Å². The van der Waals surface area contributed by atoms with Crippen LogP contribution in [0.5, 0.6) is 0 Å². The Morgan fingerprint density at radius 2 is 2.04 bits per heavy atom. The first kappa shape index (κ1) is 19.1. The molecule has 4 aliphatic carbocycles. The molecule has 0 bridgehead atoms. The molecular formula is C23H34O5. The monoisotopic (exact) mass is 390 g/mol. The Hall–Kier alpha value is -0.910. The van der Waals surface area contributed by atoms with E-state index in [4.69, 9.17) is 4.74 Å². The molecule has 5 heteroatoms. The Bertz CT molecular complexity index is 690. The van der Waals surface area contributed by atoms with Gasteiger partial charge in [0.1, 0.15) is 0 Å². The van der Waals surface area contributed by atoms with Crippen molar-refractivity contribution in [2.24, 2.45) is 40.4 Å². The zero-order valence-electron chi connectivity index (χ0n) is 16.8. The van der Waals surface area contributed by atoms with Crippen LogP contribution < -0.4 is 0 Å². The molecule has 0 aromatic carbocycles. The van der Waals surface area contributed by atoms with Crippen molar-refractivity contribution in [1.29, 1.82) is 0 Å². The van der Waals surface area contributed by atoms with Crippen LogP contribution in [0.25, 0.3) is 0 Å². The van der Waals surface area contributed by atoms with Crippen molar-refractivity contribution in [1.82, 2.24) is 0 Å². The number of allylic oxidation sites excluding steroid dienone is 1. The van der Waals surface area contributed by atoms with Crippen molar-refractivity contribution in [3.63, 3.8) is 0 Å². The normalized spacial score (nSPS) is 55.4. The van der Waals surface area contributed by atoms with E-state index in [0.717, 1.165) is 38.5 Å². The molecule has 5 rings (SSSR count). The van der Waals surface area contributed by atoms with Gasteiger partial charge in [-0.05, 0) is 62.7 Å². The Kier molecular flexibility index (Phi) is 4.29. The molecule has 0 aromatic heterocycles. The molecule has 28 heavy (non-hydrogen) atoms. The summed E-state index contributed by atoms with van der Waals surface area (Å²) in [5.41, 5.74) is -1.65. The van der Waals surface area contributed by atoms with Crippen molar-refractivity contribution in [3.8, 4) is 0 Å². The quantitative estimate of drug-likeness (QED) is 0.498. The Balaban J connectivity index is 1.53. The summed E-state index contributed by atoms with van der Waals surface area (Å²) < 4.78 is 5.25. The summed E-state index contributed by atoms with van der Waals surface area (Å²) >= 11 is 0. The van der Waals surface area contributed by atoms with E-state index < -0.39 is 22.5 Å². The molecule has 1 heterocycles. The Labute approximate surface area is 167 Å². The van der Waals surface area contributed by atoms with Gasteiger partial charge in [0, 0.05) is 22.7 Å². The second kappa shape index (κ2) is 6.29. The predicted octanol–water partition coefficient (Wildman–Crippen LogP) is 2.43. The molecule has 0 spiro atoms. The van der Waals surface area contributed by atoms with E-state index in [1.54, 1.807) is 0 Å². The lowest BCUT2D eigenvalue weighted by Gasteiger charge is -2.64. The molecule has 5 nitrogen and oxygen atoms in total. The molecule has 1 saturated heterocycles. The second-order valence-corrected chi connectivity index (χ2v) is 10.6. The molecule has 1 aliphatic heterocycles. The second-order valence-electron chi connectivity index (χ2n) is 10.6. The number of carbonyl (C=O) groups is 1. The Morgan fingerprint density at radius 1 is 1.21 bits per heavy atom. The van der Waals surface area contributed by atoms with Gasteiger partial charge in [-0.2, -0.15) is 0 Å². The van der Waals surface area contributed by atoms with Crippen LogP contribution in [0.4, 0.5) is 0 Å². The number of carbonyl (C=O) groups excluding carboxylic acids is 1. The third-order valence-electron chi connectivity index (χ3n) is 9.79. The van der Waals surface area contributed by atoms with Gasteiger partial charge in [-0.1, -0.05) is 19.1 Å². The van der Waals surface area contributed by atoms with Crippen LogP contribution in [0, 0.1) is 40.4 Å². The van der Waals surface area contributed by atoms with Gasteiger partial charge < -0.3 is 20.1 Å². The van der Waals surface area contributed by atoms with Crippen molar-refractivity contribution >= 4 is 5.97 Å². The van der Waals surface area contributed by atoms with Crippen LogP contribution in [0.3, 0.4) is 0 Å². The topological polar surface area (TPSA) is 87.0 Å². The standard InChI is InChI=1S/C23H34O5/c1-21-11-18(25)20-17(6-5-15-4-2-3-8-22(15,20)13-24)23(21,27)9-7-16(21)14-10-19(26)28-12-14/h3,8,14-18,20,24-25,27H,2,4-7,9-13H2,1H3/t14-,15+,16+,17+,18-,20+,21+,22+,23-/m0/s1. The van der Waals surface area contributed by atoms with Crippen LogP contribution in [0.15, 0.2) is 12.2 Å². The highest BCUT2D eigenvalue weighted by Gasteiger charge is 2.70. The predicted molar refractivity (Wildman–Crippen MR) is 103 cm³/mol. The number of ether oxygens (including phenoxy) is 1. The number of rotatable bonds is 2. The summed E-state index contributed by atoms with van der Waals surface area (Å²) in [6, 6.07) is 0. The fraction of sp³-hybridized carbons (Fsp3) is 0.870. The molecular weight excluding hydrogens is 356 g/mol. The van der Waals surface area contributed by atoms with Crippen LogP contribution >= 0.6 is 0 Å². The van der Waals surface area contributed by atoms with Crippen molar-refractivity contribution in [2.45, 2.75) is 70.0 Å². The van der Waals surface area contributed by atoms with E-state index in [0.29, 0.717) is 25.4 Å². The molecule has 0 radical (unpaired) electrons. The average molecular weight is 391 g/mol. The minimum atomic E-state index is -0.842. The number of esters is 1. The van der Waals surface area contributed by atoms with Crippen molar-refractivity contribution in [2.75, 3.05) is 13.2 Å². The maximum absolute atomic E-state index is 12.1. The first-order valence-electron chi connectivity index (χ1n) is 11.2. The molecule has 0 amide bonds. The number of fused-ring (bicyclic) bond motifs is 5. The van der Waals surface area contributed by atoms with Gasteiger partial charge in [-0.25, -0.2) is 0 Å². The van der Waals surface area contributed by atoms with Gasteiger partial charge >= 0.3 is 5.97 Å². The van der Waals surface area contributed by atoms with E-state index in [2.05, 4.69) is 19.1 Å². The number of cyclic esters (lactones) is 1. The largest absolute Gasteiger partial charge is 0.465 e. The molecule has 4 fully saturated rings. The molecule has 5 aliphatic rings. The number of aliphatic hydroxyl groups excluding tert-OH is 2. The number of aliphatic hydroxyl groups is 3. The Morgan fingerprint density at radius 3 is 2.75 bits per heavy atom. The fourth-order valence-corrected chi connectivity index (χ4v) is 8.53. The minimum absolute atomic E-state index is 0.00424. The molecule has 3 N–H and O–H groups in total. The van der Waals surface area contributed by atoms with E-state index in [9.17, 15) is 20.1 Å². The van der Waals surface area contributed by atoms with Crippen LogP contribution in [0.2, 0.25) is 0 Å². The van der Waals surface area contributed by atoms with E-state index >= 15 is 0 Å². The van der Waals surface area contributed by atoms with E-state index in [1.807, 2.05) is 0 Å². The van der Waals surface area contributed by atoms with E-state index in [-0.39, 0.29) is 36.2 Å². The third kappa shape index (κ3) is 2.27. The number of hydrogen-bond acceptors (Lipinski definition) is 5. The first-order chi connectivity index (χ1) is 13.4. The van der Waals surface area contributed by atoms with Gasteiger partial charge in [0.2, 0.25) is 0 Å². The lowest BCUT2D eigenvalue weighted by molar-refractivity contribution is -0.239. The molecule has 0 unspecified atom stereocenters. The summed E-state index contributed by atoms with van der Waals surface area (Å²) in [5.74, 6) is 0.508. The summed E-state index contributed by atoms with van der Waals surface area (Å²) in [6.45, 7) is 2.64. The highest BCUT2D eigenvalue weighted by atomic mass is 16.5. The van der Waals surface area contributed by atoms with Crippen LogP contribution in [0.1, 0.15) is 58.3 Å². The van der Waals surface area contributed by atoms with Crippen LogP contribution in [-0.4, -0.2) is 46.2 Å². The van der Waals surface area contributed by atoms with Gasteiger partial charge in [0.05, 0.1) is 31.3 Å². The summed E-state index contributed by atoms with van der Waals surface area (Å²) in [4.78, 5) is 11.7. The maximum atomic E-state index is 12.1. The summed E-state index contributed by atoms with van der Waals surface area (Å²) in [6.07, 6.45) is 10.4. The zero-order valence-corrected chi connectivity index (χ0v) is 16.8. The molecule has 3 saturated carbocycles. The molecule has 9 atom stereocenters. The highest BCUT2D eigenvalue weighted by Crippen LogP contribution is 2.69. The van der Waals surface area contributed by atoms with Gasteiger partial charge in [0.25, 0.3) is 0 Å².